The predicted molar refractivity (Wildman–Crippen MR) is 85.1 cm³/mol. The maximum Gasteiger partial charge on any atom is 0.304 e. The van der Waals surface area contributed by atoms with Gasteiger partial charge in [-0.1, -0.05) is 11.3 Å². The van der Waals surface area contributed by atoms with Gasteiger partial charge in [0.15, 0.2) is 14.8 Å². The third-order valence-corrected chi connectivity index (χ3v) is 5.35. The summed E-state index contributed by atoms with van der Waals surface area (Å²) < 4.78 is 22.9. The number of sulfone groups is 1. The SMILES string of the molecule is CC(Nc1sc(S(C)(=O)=O)cc1[N+](=O)[O-])C(=O)NC(C)(C)C. The summed E-state index contributed by atoms with van der Waals surface area (Å²) in [7, 11) is -3.55. The van der Waals surface area contributed by atoms with Crippen LogP contribution in [0.5, 0.6) is 0 Å². The second-order valence-electron chi connectivity index (χ2n) is 5.91. The Morgan fingerprint density at radius 1 is 1.41 bits per heavy atom. The van der Waals surface area contributed by atoms with Crippen LogP contribution in [0.2, 0.25) is 0 Å². The van der Waals surface area contributed by atoms with Gasteiger partial charge in [-0.15, -0.1) is 0 Å². The van der Waals surface area contributed by atoms with Crippen LogP contribution in [0, 0.1) is 10.1 Å². The minimum absolute atomic E-state index is 0.0435. The second kappa shape index (κ2) is 6.21. The van der Waals surface area contributed by atoms with E-state index in [1.807, 2.05) is 20.8 Å². The van der Waals surface area contributed by atoms with Crippen molar-refractivity contribution in [2.75, 3.05) is 11.6 Å². The Morgan fingerprint density at radius 3 is 2.36 bits per heavy atom. The molecule has 1 amide bonds. The fraction of sp³-hybridized carbons (Fsp3) is 0.583. The van der Waals surface area contributed by atoms with Crippen LogP contribution in [-0.2, 0) is 14.6 Å². The van der Waals surface area contributed by atoms with Crippen LogP contribution < -0.4 is 10.6 Å². The van der Waals surface area contributed by atoms with Crippen LogP contribution in [0.25, 0.3) is 0 Å². The summed E-state index contributed by atoms with van der Waals surface area (Å²) in [6.07, 6.45) is 0.974. The normalized spacial score (nSPS) is 13.5. The molecule has 22 heavy (non-hydrogen) atoms. The Morgan fingerprint density at radius 2 is 1.95 bits per heavy atom. The quantitative estimate of drug-likeness (QED) is 0.618. The van der Waals surface area contributed by atoms with Crippen LogP contribution in [0.4, 0.5) is 10.7 Å². The molecule has 1 atom stereocenters. The molecule has 0 aliphatic heterocycles. The zero-order valence-corrected chi connectivity index (χ0v) is 14.6. The lowest BCUT2D eigenvalue weighted by atomic mass is 10.1. The van der Waals surface area contributed by atoms with E-state index in [2.05, 4.69) is 10.6 Å². The minimum Gasteiger partial charge on any atom is -0.360 e. The highest BCUT2D eigenvalue weighted by atomic mass is 32.2. The molecule has 0 bridgehead atoms. The van der Waals surface area contributed by atoms with E-state index < -0.39 is 26.3 Å². The summed E-state index contributed by atoms with van der Waals surface area (Å²) >= 11 is 0.738. The third kappa shape index (κ3) is 4.95. The van der Waals surface area contributed by atoms with Gasteiger partial charge in [0.05, 0.1) is 4.92 Å². The van der Waals surface area contributed by atoms with Gasteiger partial charge < -0.3 is 10.6 Å². The molecule has 0 aliphatic carbocycles. The van der Waals surface area contributed by atoms with E-state index in [1.54, 1.807) is 6.92 Å². The van der Waals surface area contributed by atoms with E-state index in [-0.39, 0.29) is 20.8 Å². The van der Waals surface area contributed by atoms with Crippen molar-refractivity contribution < 1.29 is 18.1 Å². The first-order chi connectivity index (χ1) is 9.81. The van der Waals surface area contributed by atoms with Gasteiger partial charge >= 0.3 is 5.69 Å². The van der Waals surface area contributed by atoms with E-state index in [4.69, 9.17) is 0 Å². The Bertz CT molecular complexity index is 688. The van der Waals surface area contributed by atoms with E-state index in [9.17, 15) is 23.3 Å². The molecular formula is C12H19N3O5S2. The Kier molecular flexibility index (Phi) is 5.18. The fourth-order valence-electron chi connectivity index (χ4n) is 1.52. The number of hydrogen-bond acceptors (Lipinski definition) is 7. The molecule has 0 aromatic carbocycles. The summed E-state index contributed by atoms with van der Waals surface area (Å²) in [6.45, 7) is 6.98. The van der Waals surface area contributed by atoms with Crippen LogP contribution in [-0.4, -0.2) is 37.1 Å². The van der Waals surface area contributed by atoms with Gasteiger partial charge in [0.1, 0.15) is 10.3 Å². The molecule has 10 heteroatoms. The van der Waals surface area contributed by atoms with Crippen molar-refractivity contribution in [2.24, 2.45) is 0 Å². The van der Waals surface area contributed by atoms with Gasteiger partial charge in [0.2, 0.25) is 5.91 Å². The maximum absolute atomic E-state index is 12.0. The van der Waals surface area contributed by atoms with Crippen LogP contribution in [0.1, 0.15) is 27.7 Å². The molecule has 0 radical (unpaired) electrons. The molecule has 1 aromatic rings. The summed E-state index contributed by atoms with van der Waals surface area (Å²) in [5.41, 5.74) is -0.799. The molecule has 1 unspecified atom stereocenters. The lowest BCUT2D eigenvalue weighted by molar-refractivity contribution is -0.383. The lowest BCUT2D eigenvalue weighted by Crippen LogP contribution is -2.47. The average molecular weight is 349 g/mol. The lowest BCUT2D eigenvalue weighted by Gasteiger charge is -2.23. The number of carbonyl (C=O) groups excluding carboxylic acids is 1. The van der Waals surface area contributed by atoms with Gasteiger partial charge in [-0.3, -0.25) is 14.9 Å². The number of nitro groups is 1. The number of nitrogens with one attached hydrogen (secondary N) is 2. The number of hydrogen-bond donors (Lipinski definition) is 2. The highest BCUT2D eigenvalue weighted by molar-refractivity contribution is 7.92. The molecule has 1 rings (SSSR count). The Labute approximate surface area is 133 Å². The standard InChI is InChI=1S/C12H19N3O5S2/c1-7(10(16)14-12(2,3)4)13-11-8(15(17)18)6-9(21-11)22(5,19)20/h6-7,13H,1-5H3,(H,14,16). The molecule has 0 saturated carbocycles. The first-order valence-corrected chi connectivity index (χ1v) is 9.09. The first-order valence-electron chi connectivity index (χ1n) is 6.38. The molecule has 8 nitrogen and oxygen atoms in total. The molecule has 0 aliphatic rings. The largest absolute Gasteiger partial charge is 0.360 e. The molecule has 0 fully saturated rings. The number of rotatable bonds is 5. The zero-order chi connectivity index (χ0) is 17.3. The third-order valence-electron chi connectivity index (χ3n) is 2.49. The summed E-state index contributed by atoms with van der Waals surface area (Å²) in [5.74, 6) is -0.337. The van der Waals surface area contributed by atoms with Crippen molar-refractivity contribution in [1.29, 1.82) is 0 Å². The molecule has 1 heterocycles. The second-order valence-corrected chi connectivity index (χ2v) is 9.21. The highest BCUT2D eigenvalue weighted by Gasteiger charge is 2.27. The molecule has 124 valence electrons. The highest BCUT2D eigenvalue weighted by Crippen LogP contribution is 2.37. The smallest absolute Gasteiger partial charge is 0.304 e. The number of thiophene rings is 1. The Hall–Kier alpha value is -1.68. The molecule has 0 saturated heterocycles. The van der Waals surface area contributed by atoms with Crippen LogP contribution in [0.15, 0.2) is 10.3 Å². The van der Waals surface area contributed by atoms with Crippen molar-refractivity contribution in [3.05, 3.63) is 16.2 Å². The summed E-state index contributed by atoms with van der Waals surface area (Å²) in [6, 6.07) is 0.250. The zero-order valence-electron chi connectivity index (χ0n) is 13.0. The number of amides is 1. The number of anilines is 1. The van der Waals surface area contributed by atoms with Gasteiger partial charge in [-0.25, -0.2) is 8.42 Å². The topological polar surface area (TPSA) is 118 Å². The Balaban J connectivity index is 3.04. The monoisotopic (exact) mass is 349 g/mol. The summed E-state index contributed by atoms with van der Waals surface area (Å²) in [4.78, 5) is 22.3. The van der Waals surface area contributed by atoms with Crippen molar-refractivity contribution >= 4 is 37.8 Å². The average Bonchev–Trinajstić information content (AvgIpc) is 2.70. The van der Waals surface area contributed by atoms with E-state index in [0.717, 1.165) is 23.7 Å². The van der Waals surface area contributed by atoms with Crippen LogP contribution >= 0.6 is 11.3 Å². The fourth-order valence-corrected chi connectivity index (χ4v) is 3.55. The summed E-state index contributed by atoms with van der Waals surface area (Å²) in [5, 5.41) is 16.5. The molecule has 2 N–H and O–H groups in total. The molecule has 1 aromatic heterocycles. The van der Waals surface area contributed by atoms with Gasteiger partial charge in [-0.05, 0) is 27.7 Å². The maximum atomic E-state index is 12.0. The van der Waals surface area contributed by atoms with Crippen molar-refractivity contribution in [1.82, 2.24) is 5.32 Å². The van der Waals surface area contributed by atoms with Crippen molar-refractivity contribution in [3.8, 4) is 0 Å². The van der Waals surface area contributed by atoms with Crippen molar-refractivity contribution in [3.63, 3.8) is 0 Å². The van der Waals surface area contributed by atoms with Gasteiger partial charge in [0.25, 0.3) is 0 Å². The van der Waals surface area contributed by atoms with Crippen molar-refractivity contribution in [2.45, 2.75) is 43.5 Å². The van der Waals surface area contributed by atoms with Crippen LogP contribution in [0.3, 0.4) is 0 Å². The predicted octanol–water partition coefficient (Wildman–Crippen LogP) is 1.77. The van der Waals surface area contributed by atoms with E-state index >= 15 is 0 Å². The molecule has 0 spiro atoms. The first kappa shape index (κ1) is 18.4. The minimum atomic E-state index is -3.55. The number of nitrogens with zero attached hydrogens (tertiary/aromatic N) is 1. The van der Waals surface area contributed by atoms with Gasteiger partial charge in [0, 0.05) is 17.9 Å². The van der Waals surface area contributed by atoms with Gasteiger partial charge in [-0.2, -0.15) is 0 Å². The van der Waals surface area contributed by atoms with E-state index in [0.29, 0.717) is 0 Å². The number of carbonyl (C=O) groups is 1. The van der Waals surface area contributed by atoms with E-state index in [1.165, 1.54) is 0 Å². The molecular weight excluding hydrogens is 330 g/mol.